The van der Waals surface area contributed by atoms with Gasteiger partial charge in [-0.25, -0.2) is 0 Å². The summed E-state index contributed by atoms with van der Waals surface area (Å²) in [5, 5.41) is 4.81. The van der Waals surface area contributed by atoms with Crippen LogP contribution in [-0.4, -0.2) is 31.6 Å². The molecule has 1 aromatic rings. The average Bonchev–Trinajstić information content (AvgIpc) is 2.45. The van der Waals surface area contributed by atoms with Crippen molar-refractivity contribution in [2.45, 2.75) is 43.7 Å². The Balaban J connectivity index is 2.45. The van der Waals surface area contributed by atoms with E-state index in [1.165, 1.54) is 32.1 Å². The molecule has 0 saturated heterocycles. The van der Waals surface area contributed by atoms with Crippen molar-refractivity contribution in [3.05, 3.63) is 33.8 Å². The van der Waals surface area contributed by atoms with Gasteiger partial charge in [-0.2, -0.15) is 0 Å². The SMILES string of the molecule is CNC(c1cccc(Cl)c1Cl)C1(N(C)C)CCCCC1. The molecule has 1 fully saturated rings. The van der Waals surface area contributed by atoms with E-state index in [1.54, 1.807) is 0 Å². The summed E-state index contributed by atoms with van der Waals surface area (Å²) in [6.45, 7) is 0. The van der Waals surface area contributed by atoms with Crippen molar-refractivity contribution in [3.63, 3.8) is 0 Å². The Kier molecular flexibility index (Phi) is 5.36. The number of nitrogens with zero attached hydrogens (tertiary/aromatic N) is 1. The minimum Gasteiger partial charge on any atom is -0.311 e. The Bertz CT molecular complexity index is 454. The third-order valence-electron chi connectivity index (χ3n) is 4.73. The fourth-order valence-corrected chi connectivity index (χ4v) is 4.03. The lowest BCUT2D eigenvalue weighted by Gasteiger charge is -2.49. The van der Waals surface area contributed by atoms with Crippen molar-refractivity contribution in [2.75, 3.05) is 21.1 Å². The van der Waals surface area contributed by atoms with Crippen LogP contribution in [0, 0.1) is 0 Å². The van der Waals surface area contributed by atoms with Crippen molar-refractivity contribution >= 4 is 23.2 Å². The fraction of sp³-hybridized carbons (Fsp3) is 0.625. The highest BCUT2D eigenvalue weighted by Crippen LogP contribution is 2.44. The van der Waals surface area contributed by atoms with Gasteiger partial charge in [-0.1, -0.05) is 54.6 Å². The van der Waals surface area contributed by atoms with E-state index in [4.69, 9.17) is 23.2 Å². The predicted molar refractivity (Wildman–Crippen MR) is 87.8 cm³/mol. The number of rotatable bonds is 4. The molecule has 0 radical (unpaired) electrons. The molecule has 1 atom stereocenters. The first-order valence-corrected chi connectivity index (χ1v) is 8.07. The van der Waals surface area contributed by atoms with Crippen LogP contribution in [0.4, 0.5) is 0 Å². The summed E-state index contributed by atoms with van der Waals surface area (Å²) in [7, 11) is 6.37. The smallest absolute Gasteiger partial charge is 0.0640 e. The Morgan fingerprint density at radius 1 is 1.15 bits per heavy atom. The van der Waals surface area contributed by atoms with Crippen molar-refractivity contribution in [2.24, 2.45) is 0 Å². The molecule has 20 heavy (non-hydrogen) atoms. The quantitative estimate of drug-likeness (QED) is 0.879. The molecule has 0 amide bonds. The first kappa shape index (κ1) is 16.1. The second kappa shape index (κ2) is 6.65. The Morgan fingerprint density at radius 3 is 2.35 bits per heavy atom. The molecular formula is C16H24Cl2N2. The molecule has 0 aliphatic heterocycles. The van der Waals surface area contributed by atoms with E-state index in [0.29, 0.717) is 10.0 Å². The molecule has 2 rings (SSSR count). The molecule has 1 saturated carbocycles. The van der Waals surface area contributed by atoms with Crippen molar-refractivity contribution < 1.29 is 0 Å². The molecule has 1 aromatic carbocycles. The zero-order chi connectivity index (χ0) is 14.8. The number of nitrogens with one attached hydrogen (secondary N) is 1. The molecule has 112 valence electrons. The highest BCUT2D eigenvalue weighted by molar-refractivity contribution is 6.42. The van der Waals surface area contributed by atoms with Gasteiger partial charge in [0.15, 0.2) is 0 Å². The van der Waals surface area contributed by atoms with Crippen LogP contribution < -0.4 is 5.32 Å². The van der Waals surface area contributed by atoms with Gasteiger partial charge in [-0.05, 0) is 45.6 Å². The molecule has 1 aliphatic rings. The summed E-state index contributed by atoms with van der Waals surface area (Å²) in [4.78, 5) is 2.37. The molecule has 1 unspecified atom stereocenters. The van der Waals surface area contributed by atoms with Crippen LogP contribution in [0.2, 0.25) is 10.0 Å². The lowest BCUT2D eigenvalue weighted by molar-refractivity contribution is 0.0594. The maximum Gasteiger partial charge on any atom is 0.0640 e. The van der Waals surface area contributed by atoms with E-state index < -0.39 is 0 Å². The topological polar surface area (TPSA) is 15.3 Å². The van der Waals surface area contributed by atoms with Gasteiger partial charge in [0.2, 0.25) is 0 Å². The fourth-order valence-electron chi connectivity index (χ4n) is 3.62. The summed E-state index contributed by atoms with van der Waals surface area (Å²) in [6, 6.07) is 6.13. The molecule has 0 spiro atoms. The second-order valence-electron chi connectivity index (χ2n) is 5.92. The van der Waals surface area contributed by atoms with Crippen molar-refractivity contribution in [3.8, 4) is 0 Å². The minimum atomic E-state index is 0.112. The first-order chi connectivity index (χ1) is 9.53. The molecular weight excluding hydrogens is 291 g/mol. The Morgan fingerprint density at radius 2 is 1.80 bits per heavy atom. The Labute approximate surface area is 132 Å². The summed E-state index contributed by atoms with van der Waals surface area (Å²) in [6.07, 6.45) is 6.25. The van der Waals surface area contributed by atoms with Crippen LogP contribution >= 0.6 is 23.2 Å². The first-order valence-electron chi connectivity index (χ1n) is 7.31. The number of halogens is 2. The van der Waals surface area contributed by atoms with Gasteiger partial charge >= 0.3 is 0 Å². The lowest BCUT2D eigenvalue weighted by atomic mass is 9.73. The molecule has 1 N–H and O–H groups in total. The third kappa shape index (κ3) is 2.85. The van der Waals surface area contributed by atoms with Crippen molar-refractivity contribution in [1.82, 2.24) is 10.2 Å². The zero-order valence-electron chi connectivity index (χ0n) is 12.5. The highest BCUT2D eigenvalue weighted by Gasteiger charge is 2.42. The van der Waals surface area contributed by atoms with Gasteiger partial charge in [-0.15, -0.1) is 0 Å². The number of benzene rings is 1. The monoisotopic (exact) mass is 314 g/mol. The molecule has 4 heteroatoms. The average molecular weight is 315 g/mol. The predicted octanol–water partition coefficient (Wildman–Crippen LogP) is 4.52. The van der Waals surface area contributed by atoms with Crippen LogP contribution in [0.25, 0.3) is 0 Å². The van der Waals surface area contributed by atoms with Crippen LogP contribution in [0.3, 0.4) is 0 Å². The van der Waals surface area contributed by atoms with Crippen molar-refractivity contribution in [1.29, 1.82) is 0 Å². The van der Waals surface area contributed by atoms with Gasteiger partial charge in [0.1, 0.15) is 0 Å². The molecule has 0 bridgehead atoms. The van der Waals surface area contributed by atoms with E-state index in [0.717, 1.165) is 5.56 Å². The standard InChI is InChI=1S/C16H24Cl2N2/c1-19-15(12-8-7-9-13(17)14(12)18)16(20(2)3)10-5-4-6-11-16/h7-9,15,19H,4-6,10-11H2,1-3H3. The maximum atomic E-state index is 6.46. The van der Waals surface area contributed by atoms with Gasteiger partial charge in [0.25, 0.3) is 0 Å². The van der Waals surface area contributed by atoms with Gasteiger partial charge in [-0.3, -0.25) is 0 Å². The summed E-state index contributed by atoms with van der Waals surface area (Å²) in [5.41, 5.74) is 1.22. The van der Waals surface area contributed by atoms with E-state index in [9.17, 15) is 0 Å². The molecule has 1 aliphatic carbocycles. The van der Waals surface area contributed by atoms with Crippen LogP contribution in [0.5, 0.6) is 0 Å². The summed E-state index contributed by atoms with van der Waals surface area (Å²) >= 11 is 12.7. The zero-order valence-corrected chi connectivity index (χ0v) is 14.1. The number of hydrogen-bond acceptors (Lipinski definition) is 2. The van der Waals surface area contributed by atoms with Crippen LogP contribution in [0.1, 0.15) is 43.7 Å². The summed E-state index contributed by atoms with van der Waals surface area (Å²) < 4.78 is 0. The van der Waals surface area contributed by atoms with Crippen LogP contribution in [-0.2, 0) is 0 Å². The minimum absolute atomic E-state index is 0.112. The maximum absolute atomic E-state index is 6.46. The normalized spacial score (nSPS) is 20.1. The van der Waals surface area contributed by atoms with E-state index >= 15 is 0 Å². The highest BCUT2D eigenvalue weighted by atomic mass is 35.5. The van der Waals surface area contributed by atoms with Gasteiger partial charge in [0.05, 0.1) is 16.1 Å². The number of hydrogen-bond donors (Lipinski definition) is 1. The van der Waals surface area contributed by atoms with E-state index in [1.807, 2.05) is 19.2 Å². The van der Waals surface area contributed by atoms with E-state index in [-0.39, 0.29) is 11.6 Å². The molecule has 2 nitrogen and oxygen atoms in total. The lowest BCUT2D eigenvalue weighted by Crippen LogP contribution is -2.54. The summed E-state index contributed by atoms with van der Waals surface area (Å²) in [5.74, 6) is 0. The Hall–Kier alpha value is -0.280. The van der Waals surface area contributed by atoms with Gasteiger partial charge in [0, 0.05) is 5.54 Å². The number of likely N-dealkylation sites (N-methyl/N-ethyl adjacent to an activating group) is 2. The molecule has 0 aromatic heterocycles. The largest absolute Gasteiger partial charge is 0.311 e. The molecule has 0 heterocycles. The van der Waals surface area contributed by atoms with E-state index in [2.05, 4.69) is 30.4 Å². The third-order valence-corrected chi connectivity index (χ3v) is 5.56. The van der Waals surface area contributed by atoms with Crippen LogP contribution in [0.15, 0.2) is 18.2 Å². The second-order valence-corrected chi connectivity index (χ2v) is 6.71. The van der Waals surface area contributed by atoms with Gasteiger partial charge < -0.3 is 10.2 Å².